The number of rotatable bonds is 7. The van der Waals surface area contributed by atoms with Crippen LogP contribution in [0.25, 0.3) is 0 Å². The van der Waals surface area contributed by atoms with Crippen molar-refractivity contribution < 1.29 is 25.2 Å². The molecule has 0 N–H and O–H groups in total. The van der Waals surface area contributed by atoms with E-state index in [1.54, 1.807) is 30.3 Å². The molecule has 0 aromatic heterocycles. The zero-order valence-corrected chi connectivity index (χ0v) is 17.6. The third-order valence-corrected chi connectivity index (χ3v) is 8.67. The molecule has 1 unspecified atom stereocenters. The smallest absolute Gasteiger partial charge is 0.266 e. The quantitative estimate of drug-likeness (QED) is 0.624. The van der Waals surface area contributed by atoms with Crippen molar-refractivity contribution in [3.8, 4) is 0 Å². The standard InChI is InChI=1S/C17H21NO6S3/c1-14-9-11-17(12-10-14)27(22,23)18-26(21,16-7-5-4-6-8-16)13-15(2)24-25(3,19)20/h4-12,15H,13H2,1-3H3/t15?,26-/m0/s1. The van der Waals surface area contributed by atoms with Crippen molar-refractivity contribution >= 4 is 29.9 Å². The van der Waals surface area contributed by atoms with E-state index >= 15 is 0 Å². The van der Waals surface area contributed by atoms with E-state index in [0.29, 0.717) is 0 Å². The second-order valence-electron chi connectivity index (χ2n) is 6.09. The summed E-state index contributed by atoms with van der Waals surface area (Å²) in [5, 5.41) is 0. The van der Waals surface area contributed by atoms with E-state index in [2.05, 4.69) is 3.77 Å². The molecule has 0 amide bonds. The van der Waals surface area contributed by atoms with E-state index in [0.717, 1.165) is 11.8 Å². The van der Waals surface area contributed by atoms with Gasteiger partial charge in [-0.3, -0.25) is 4.18 Å². The fraction of sp³-hybridized carbons (Fsp3) is 0.294. The van der Waals surface area contributed by atoms with Gasteiger partial charge >= 0.3 is 0 Å². The molecule has 2 aromatic rings. The molecule has 0 aliphatic carbocycles. The summed E-state index contributed by atoms with van der Waals surface area (Å²) in [5.41, 5.74) is 0.868. The first-order valence-electron chi connectivity index (χ1n) is 7.92. The molecule has 2 atom stereocenters. The maximum atomic E-state index is 13.5. The van der Waals surface area contributed by atoms with Crippen LogP contribution < -0.4 is 0 Å². The summed E-state index contributed by atoms with van der Waals surface area (Å²) in [5.74, 6) is -0.394. The van der Waals surface area contributed by atoms with Gasteiger partial charge in [0.15, 0.2) is 0 Å². The molecule has 2 rings (SSSR count). The lowest BCUT2D eigenvalue weighted by Crippen LogP contribution is -2.24. The molecule has 148 valence electrons. The fourth-order valence-electron chi connectivity index (χ4n) is 2.36. The molecule has 0 radical (unpaired) electrons. The molecule has 0 heterocycles. The fourth-order valence-corrected chi connectivity index (χ4v) is 7.27. The molecule has 0 saturated carbocycles. The Labute approximate surface area is 160 Å². The molecule has 0 aliphatic heterocycles. The van der Waals surface area contributed by atoms with E-state index in [4.69, 9.17) is 4.18 Å². The van der Waals surface area contributed by atoms with Gasteiger partial charge in [-0.2, -0.15) is 16.8 Å². The first-order valence-corrected chi connectivity index (χ1v) is 12.9. The Bertz CT molecular complexity index is 1110. The topological polar surface area (TPSA) is 107 Å². The predicted octanol–water partition coefficient (Wildman–Crippen LogP) is 2.58. The van der Waals surface area contributed by atoms with E-state index in [1.165, 1.54) is 31.2 Å². The van der Waals surface area contributed by atoms with E-state index in [1.807, 2.05) is 6.92 Å². The van der Waals surface area contributed by atoms with Crippen molar-refractivity contribution in [3.05, 3.63) is 60.2 Å². The lowest BCUT2D eigenvalue weighted by atomic mass is 10.2. The molecule has 0 bridgehead atoms. The summed E-state index contributed by atoms with van der Waals surface area (Å²) in [6, 6.07) is 13.9. The Hall–Kier alpha value is -1.75. The second-order valence-corrected chi connectivity index (χ2v) is 11.8. The summed E-state index contributed by atoms with van der Waals surface area (Å²) < 4.78 is 70.1. The minimum atomic E-state index is -4.23. The van der Waals surface area contributed by atoms with Gasteiger partial charge in [0.25, 0.3) is 20.1 Å². The van der Waals surface area contributed by atoms with Crippen molar-refractivity contribution in [3.63, 3.8) is 0 Å². The molecular weight excluding hydrogens is 410 g/mol. The minimum absolute atomic E-state index is 0.0894. The van der Waals surface area contributed by atoms with Gasteiger partial charge < -0.3 is 0 Å². The molecular formula is C17H21NO6S3. The Balaban J connectivity index is 2.57. The number of hydrogen-bond donors (Lipinski definition) is 0. The summed E-state index contributed by atoms with van der Waals surface area (Å²) in [6.07, 6.45) is -0.154. The van der Waals surface area contributed by atoms with Gasteiger partial charge in [0.05, 0.1) is 32.7 Å². The lowest BCUT2D eigenvalue weighted by molar-refractivity contribution is 0.254. The summed E-state index contributed by atoms with van der Waals surface area (Å²) in [7, 11) is -11.5. The number of benzene rings is 2. The van der Waals surface area contributed by atoms with Crippen LogP contribution in [-0.2, 0) is 34.1 Å². The van der Waals surface area contributed by atoms with Gasteiger partial charge in [0.1, 0.15) is 0 Å². The van der Waals surface area contributed by atoms with Gasteiger partial charge in [0, 0.05) is 4.90 Å². The lowest BCUT2D eigenvalue weighted by Gasteiger charge is -2.15. The van der Waals surface area contributed by atoms with Gasteiger partial charge in [-0.25, -0.2) is 4.21 Å². The van der Waals surface area contributed by atoms with Crippen LogP contribution in [0.2, 0.25) is 0 Å². The average molecular weight is 432 g/mol. The number of aryl methyl sites for hydroxylation is 1. The molecule has 27 heavy (non-hydrogen) atoms. The predicted molar refractivity (Wildman–Crippen MR) is 104 cm³/mol. The van der Waals surface area contributed by atoms with Crippen molar-refractivity contribution in [1.29, 1.82) is 0 Å². The molecule has 0 fully saturated rings. The van der Waals surface area contributed by atoms with Crippen LogP contribution in [0.1, 0.15) is 12.5 Å². The number of hydrogen-bond acceptors (Lipinski definition) is 6. The highest BCUT2D eigenvalue weighted by atomic mass is 32.3. The molecule has 0 aliphatic rings. The van der Waals surface area contributed by atoms with Crippen LogP contribution >= 0.6 is 0 Å². The minimum Gasteiger partial charge on any atom is -0.266 e. The molecule has 7 nitrogen and oxygen atoms in total. The monoisotopic (exact) mass is 431 g/mol. The summed E-state index contributed by atoms with van der Waals surface area (Å²) >= 11 is 0. The highest BCUT2D eigenvalue weighted by molar-refractivity contribution is 8.03. The largest absolute Gasteiger partial charge is 0.290 e. The molecule has 10 heteroatoms. The SMILES string of the molecule is Cc1ccc(S(=O)(=O)N=[S@](=O)(CC(C)OS(C)(=O)=O)c2ccccc2)cc1. The first kappa shape index (κ1) is 21.5. The van der Waals surface area contributed by atoms with Crippen LogP contribution in [0, 0.1) is 6.92 Å². The van der Waals surface area contributed by atoms with Crippen LogP contribution in [0.3, 0.4) is 0 Å². The highest BCUT2D eigenvalue weighted by Gasteiger charge is 2.25. The zero-order valence-electron chi connectivity index (χ0n) is 15.1. The van der Waals surface area contributed by atoms with Crippen molar-refractivity contribution in [2.75, 3.05) is 12.0 Å². The Morgan fingerprint density at radius 1 is 0.889 bits per heavy atom. The Morgan fingerprint density at radius 3 is 1.96 bits per heavy atom. The van der Waals surface area contributed by atoms with Crippen molar-refractivity contribution in [1.82, 2.24) is 0 Å². The zero-order chi connectivity index (χ0) is 20.3. The van der Waals surface area contributed by atoms with Gasteiger partial charge in [0.2, 0.25) is 0 Å². The van der Waals surface area contributed by atoms with Gasteiger partial charge in [-0.05, 0) is 38.1 Å². The van der Waals surface area contributed by atoms with Crippen LogP contribution in [-0.4, -0.2) is 39.2 Å². The van der Waals surface area contributed by atoms with Gasteiger partial charge in [-0.1, -0.05) is 35.9 Å². The number of sulfonamides is 1. The molecule has 2 aromatic carbocycles. The van der Waals surface area contributed by atoms with E-state index < -0.39 is 41.7 Å². The molecule has 0 saturated heterocycles. The first-order chi connectivity index (χ1) is 12.4. The van der Waals surface area contributed by atoms with Gasteiger partial charge in [-0.15, -0.1) is 3.77 Å². The van der Waals surface area contributed by atoms with Crippen molar-refractivity contribution in [2.45, 2.75) is 29.7 Å². The Kier molecular flexibility index (Phi) is 6.46. The number of nitrogens with zero attached hydrogens (tertiary/aromatic N) is 1. The van der Waals surface area contributed by atoms with E-state index in [9.17, 15) is 21.0 Å². The maximum Gasteiger partial charge on any atom is 0.290 e. The third-order valence-electron chi connectivity index (χ3n) is 3.45. The molecule has 0 spiro atoms. The highest BCUT2D eigenvalue weighted by Crippen LogP contribution is 2.22. The third kappa shape index (κ3) is 6.13. The summed E-state index contributed by atoms with van der Waals surface area (Å²) in [6.45, 7) is 3.21. The Morgan fingerprint density at radius 2 is 1.44 bits per heavy atom. The summed E-state index contributed by atoms with van der Waals surface area (Å²) in [4.78, 5) is 0.0954. The van der Waals surface area contributed by atoms with Crippen LogP contribution in [0.5, 0.6) is 0 Å². The second kappa shape index (κ2) is 8.09. The average Bonchev–Trinajstić information content (AvgIpc) is 2.53. The van der Waals surface area contributed by atoms with Crippen LogP contribution in [0.15, 0.2) is 68.2 Å². The maximum absolute atomic E-state index is 13.5. The van der Waals surface area contributed by atoms with Crippen molar-refractivity contribution in [2.24, 2.45) is 3.77 Å². The van der Waals surface area contributed by atoms with Crippen LogP contribution in [0.4, 0.5) is 0 Å². The normalized spacial score (nSPS) is 15.7. The van der Waals surface area contributed by atoms with E-state index in [-0.39, 0.29) is 9.79 Å².